The van der Waals surface area contributed by atoms with E-state index in [2.05, 4.69) is 106 Å². The van der Waals surface area contributed by atoms with E-state index in [0.29, 0.717) is 0 Å². The van der Waals surface area contributed by atoms with Gasteiger partial charge in [0, 0.05) is 18.0 Å². The first kappa shape index (κ1) is 18.3. The monoisotopic (exact) mass is 446 g/mol. The average molecular weight is 448 g/mol. The molecule has 0 atom stereocenters. The van der Waals surface area contributed by atoms with Crippen LogP contribution in [0, 0.1) is 10.8 Å². The summed E-state index contributed by atoms with van der Waals surface area (Å²) >= 11 is 8.03. The molecule has 1 heterocycles. The largest absolute Gasteiger partial charge is 0.370 e. The van der Waals surface area contributed by atoms with Gasteiger partial charge >= 0.3 is 7.02 Å². The number of para-hydroxylation sites is 2. The molecule has 0 amide bonds. The number of hydrogen-bond acceptors (Lipinski definition) is 2. The van der Waals surface area contributed by atoms with Gasteiger partial charge in [0.15, 0.2) is 0 Å². The second-order valence-electron chi connectivity index (χ2n) is 8.63. The lowest BCUT2D eigenvalue weighted by molar-refractivity contribution is 0.424. The van der Waals surface area contributed by atoms with E-state index < -0.39 is 7.02 Å². The first-order chi connectivity index (χ1) is 9.98. The molecule has 0 fully saturated rings. The Balaban J connectivity index is 2.51. The molecule has 0 unspecified atom stereocenters. The molecule has 0 saturated heterocycles. The predicted molar refractivity (Wildman–Crippen MR) is 109 cm³/mol. The van der Waals surface area contributed by atoms with Gasteiger partial charge in [-0.15, -0.1) is 0 Å². The van der Waals surface area contributed by atoms with Gasteiger partial charge in [-0.3, -0.25) is 0 Å². The summed E-state index contributed by atoms with van der Waals surface area (Å²) in [6.45, 7) is 16.0. The van der Waals surface area contributed by atoms with Gasteiger partial charge in [0.1, 0.15) is 0 Å². The second kappa shape index (κ2) is 6.13. The molecule has 2 nitrogen and oxygen atoms in total. The Morgan fingerprint density at radius 3 is 1.50 bits per heavy atom. The highest BCUT2D eigenvalue weighted by atomic mass is 79.9. The van der Waals surface area contributed by atoms with E-state index in [1.54, 1.807) is 0 Å². The summed E-state index contributed by atoms with van der Waals surface area (Å²) in [5, 5.41) is 0. The Kier molecular flexibility index (Phi) is 5.11. The third-order valence-corrected chi connectivity index (χ3v) is 14.5. The molecule has 1 aliphatic rings. The molecular formula is C17H28Br2N2Si. The van der Waals surface area contributed by atoms with Gasteiger partial charge in [0.05, 0.1) is 11.4 Å². The third-order valence-electron chi connectivity index (χ3n) is 3.73. The van der Waals surface area contributed by atoms with Crippen LogP contribution in [0.25, 0.3) is 0 Å². The molecule has 124 valence electrons. The Bertz CT molecular complexity index is 491. The fraction of sp³-hybridized carbons (Fsp3) is 0.647. The van der Waals surface area contributed by atoms with Crippen molar-refractivity contribution in [1.82, 2.24) is 0 Å². The fourth-order valence-electron chi connectivity index (χ4n) is 2.94. The van der Waals surface area contributed by atoms with E-state index in [1.807, 2.05) is 0 Å². The zero-order valence-electron chi connectivity index (χ0n) is 14.6. The molecule has 0 saturated carbocycles. The van der Waals surface area contributed by atoms with Crippen LogP contribution in [0.2, 0.25) is 0 Å². The van der Waals surface area contributed by atoms with Gasteiger partial charge in [-0.25, -0.2) is 0 Å². The van der Waals surface area contributed by atoms with Crippen LogP contribution in [0.15, 0.2) is 24.3 Å². The van der Waals surface area contributed by atoms with Crippen molar-refractivity contribution in [2.24, 2.45) is 10.8 Å². The minimum Gasteiger partial charge on any atom is -0.370 e. The normalized spacial score (nSPS) is 17.8. The molecule has 0 N–H and O–H groups in total. The zero-order valence-corrected chi connectivity index (χ0v) is 18.8. The minimum atomic E-state index is -1.95. The van der Waals surface area contributed by atoms with Crippen LogP contribution in [0.4, 0.5) is 11.4 Å². The predicted octanol–water partition coefficient (Wildman–Crippen LogP) is 5.67. The number of benzene rings is 1. The molecule has 1 aromatic rings. The van der Waals surface area contributed by atoms with Gasteiger partial charge in [0.25, 0.3) is 0 Å². The van der Waals surface area contributed by atoms with Gasteiger partial charge in [-0.1, -0.05) is 84.9 Å². The first-order valence-electron chi connectivity index (χ1n) is 7.87. The van der Waals surface area contributed by atoms with Gasteiger partial charge in [-0.05, 0) is 23.0 Å². The van der Waals surface area contributed by atoms with Crippen LogP contribution in [-0.2, 0) is 0 Å². The van der Waals surface area contributed by atoms with Gasteiger partial charge < -0.3 is 9.13 Å². The summed E-state index contributed by atoms with van der Waals surface area (Å²) in [4.78, 5) is 0.987. The summed E-state index contributed by atoms with van der Waals surface area (Å²) in [6.07, 6.45) is 0. The lowest BCUT2D eigenvalue weighted by atomic mass is 9.96. The van der Waals surface area contributed by atoms with E-state index in [0.717, 1.165) is 18.0 Å². The maximum atomic E-state index is 4.21. The van der Waals surface area contributed by atoms with Crippen LogP contribution in [0.5, 0.6) is 0 Å². The maximum absolute atomic E-state index is 4.21. The average Bonchev–Trinajstić information content (AvgIpc) is 2.59. The topological polar surface area (TPSA) is 6.48 Å². The standard InChI is InChI=1S/C17H28Br2N2Si/c1-16(2,3)11-20-14-9-7-8-10-15(14)21(12-17(4,5)6)22(20,19)13-18/h7-10H,11-13H2,1-6H3. The lowest BCUT2D eigenvalue weighted by Crippen LogP contribution is -2.63. The highest BCUT2D eigenvalue weighted by Gasteiger charge is 2.52. The number of anilines is 2. The third kappa shape index (κ3) is 3.73. The van der Waals surface area contributed by atoms with Crippen molar-refractivity contribution in [1.29, 1.82) is 0 Å². The first-order valence-corrected chi connectivity index (χ1v) is 13.4. The molecule has 1 aliphatic heterocycles. The summed E-state index contributed by atoms with van der Waals surface area (Å²) in [5.74, 6) is 0. The number of alkyl halides is 1. The highest BCUT2D eigenvalue weighted by molar-refractivity contribution is 9.27. The van der Waals surface area contributed by atoms with E-state index in [1.165, 1.54) is 11.4 Å². The van der Waals surface area contributed by atoms with Crippen molar-refractivity contribution in [3.63, 3.8) is 0 Å². The summed E-state index contributed by atoms with van der Waals surface area (Å²) in [5.41, 5.74) is 3.28. The van der Waals surface area contributed by atoms with E-state index in [4.69, 9.17) is 0 Å². The highest BCUT2D eigenvalue weighted by Crippen LogP contribution is 2.48. The van der Waals surface area contributed by atoms with Crippen LogP contribution >= 0.6 is 31.2 Å². The van der Waals surface area contributed by atoms with E-state index in [-0.39, 0.29) is 10.8 Å². The molecule has 0 aromatic heterocycles. The number of rotatable bonds is 3. The number of hydrogen-bond donors (Lipinski definition) is 0. The van der Waals surface area contributed by atoms with Crippen molar-refractivity contribution in [2.45, 2.75) is 41.5 Å². The minimum absolute atomic E-state index is 0.263. The van der Waals surface area contributed by atoms with Crippen LogP contribution < -0.4 is 9.13 Å². The number of nitrogens with zero attached hydrogens (tertiary/aromatic N) is 2. The summed E-state index contributed by atoms with van der Waals surface area (Å²) in [7, 11) is -1.95. The Hall–Kier alpha value is -0.00312. The molecule has 2 rings (SSSR count). The summed E-state index contributed by atoms with van der Waals surface area (Å²) in [6, 6.07) is 8.86. The molecule has 0 spiro atoms. The van der Waals surface area contributed by atoms with Crippen LogP contribution in [0.3, 0.4) is 0 Å². The molecule has 0 radical (unpaired) electrons. The zero-order chi connectivity index (χ0) is 16.8. The number of halogens is 2. The van der Waals surface area contributed by atoms with Gasteiger partial charge in [0.2, 0.25) is 0 Å². The van der Waals surface area contributed by atoms with Crippen molar-refractivity contribution in [3.05, 3.63) is 24.3 Å². The second-order valence-corrected chi connectivity index (χ2v) is 16.9. The molecule has 5 heteroatoms. The SMILES string of the molecule is CC(C)(C)CN1c2ccccc2N(CC(C)(C)C)[Si]1(Br)CBr. The Morgan fingerprint density at radius 1 is 0.864 bits per heavy atom. The molecular weight excluding hydrogens is 420 g/mol. The molecule has 1 aromatic carbocycles. The quantitative estimate of drug-likeness (QED) is 0.334. The maximum Gasteiger partial charge on any atom is 0.349 e. The Morgan fingerprint density at radius 2 is 1.23 bits per heavy atom. The van der Waals surface area contributed by atoms with Crippen LogP contribution in [-0.4, -0.2) is 25.1 Å². The van der Waals surface area contributed by atoms with Crippen LogP contribution in [0.1, 0.15) is 41.5 Å². The summed E-state index contributed by atoms with van der Waals surface area (Å²) < 4.78 is 5.28. The van der Waals surface area contributed by atoms with Crippen molar-refractivity contribution >= 4 is 49.6 Å². The fourth-order valence-corrected chi connectivity index (χ4v) is 9.79. The Labute approximate surface area is 153 Å². The smallest absolute Gasteiger partial charge is 0.349 e. The van der Waals surface area contributed by atoms with E-state index in [9.17, 15) is 0 Å². The van der Waals surface area contributed by atoms with E-state index >= 15 is 0 Å². The van der Waals surface area contributed by atoms with Crippen molar-refractivity contribution < 1.29 is 0 Å². The molecule has 22 heavy (non-hydrogen) atoms. The number of fused-ring (bicyclic) bond motifs is 1. The van der Waals surface area contributed by atoms with Crippen molar-refractivity contribution in [2.75, 3.05) is 27.2 Å². The lowest BCUT2D eigenvalue weighted by Gasteiger charge is -2.42. The van der Waals surface area contributed by atoms with Crippen molar-refractivity contribution in [3.8, 4) is 0 Å². The molecule has 0 bridgehead atoms. The van der Waals surface area contributed by atoms with Gasteiger partial charge in [-0.2, -0.15) is 0 Å². The molecule has 0 aliphatic carbocycles.